The number of hydrogen-bond donors (Lipinski definition) is 0. The number of ether oxygens (including phenoxy) is 1. The van der Waals surface area contributed by atoms with Gasteiger partial charge in [-0.05, 0) is 18.6 Å². The van der Waals surface area contributed by atoms with Crippen molar-refractivity contribution in [3.63, 3.8) is 0 Å². The van der Waals surface area contributed by atoms with Crippen LogP contribution in [0.25, 0.3) is 0 Å². The maximum absolute atomic E-state index is 12.5. The Morgan fingerprint density at radius 3 is 2.52 bits per heavy atom. The van der Waals surface area contributed by atoms with E-state index in [0.29, 0.717) is 11.9 Å². The number of nitrogens with zero attached hydrogens (tertiary/aromatic N) is 3. The van der Waals surface area contributed by atoms with E-state index in [9.17, 15) is 13.2 Å². The highest BCUT2D eigenvalue weighted by atomic mass is 19.4. The van der Waals surface area contributed by atoms with Crippen LogP contribution in [0.15, 0.2) is 18.3 Å². The molecule has 1 atom stereocenters. The lowest BCUT2D eigenvalue weighted by molar-refractivity contribution is -0.137. The van der Waals surface area contributed by atoms with Gasteiger partial charge in [0.15, 0.2) is 0 Å². The molecule has 7 heteroatoms. The second kappa shape index (κ2) is 5.81. The third-order valence-electron chi connectivity index (χ3n) is 4.12. The van der Waals surface area contributed by atoms with Gasteiger partial charge in [-0.2, -0.15) is 13.2 Å². The number of rotatable bonds is 2. The van der Waals surface area contributed by atoms with Crippen molar-refractivity contribution in [1.29, 1.82) is 0 Å². The molecule has 0 bridgehead atoms. The lowest BCUT2D eigenvalue weighted by Crippen LogP contribution is -2.44. The fourth-order valence-electron chi connectivity index (χ4n) is 2.93. The SMILES string of the molecule is FC(F)(F)c1ccc(N2CCC(N3CCOCC3)C2)nc1. The average Bonchev–Trinajstić information content (AvgIpc) is 2.97. The van der Waals surface area contributed by atoms with Crippen LogP contribution < -0.4 is 4.90 Å². The van der Waals surface area contributed by atoms with E-state index < -0.39 is 11.7 Å². The molecule has 0 aromatic carbocycles. The summed E-state index contributed by atoms with van der Waals surface area (Å²) >= 11 is 0. The van der Waals surface area contributed by atoms with Gasteiger partial charge < -0.3 is 9.64 Å². The van der Waals surface area contributed by atoms with Crippen LogP contribution in [-0.2, 0) is 10.9 Å². The van der Waals surface area contributed by atoms with E-state index in [4.69, 9.17) is 4.74 Å². The normalized spacial score (nSPS) is 24.5. The van der Waals surface area contributed by atoms with Gasteiger partial charge in [0.05, 0.1) is 18.8 Å². The zero-order valence-electron chi connectivity index (χ0n) is 11.6. The zero-order valence-corrected chi connectivity index (χ0v) is 11.6. The molecule has 0 N–H and O–H groups in total. The fourth-order valence-corrected chi connectivity index (χ4v) is 2.93. The molecule has 2 aliphatic heterocycles. The van der Waals surface area contributed by atoms with Crippen LogP contribution in [0.1, 0.15) is 12.0 Å². The third kappa shape index (κ3) is 3.29. The van der Waals surface area contributed by atoms with Gasteiger partial charge in [0.1, 0.15) is 5.82 Å². The van der Waals surface area contributed by atoms with E-state index in [1.807, 2.05) is 0 Å². The summed E-state index contributed by atoms with van der Waals surface area (Å²) in [7, 11) is 0. The quantitative estimate of drug-likeness (QED) is 0.835. The van der Waals surface area contributed by atoms with Gasteiger partial charge in [0.25, 0.3) is 0 Å². The minimum atomic E-state index is -4.33. The van der Waals surface area contributed by atoms with Crippen LogP contribution in [0.2, 0.25) is 0 Å². The summed E-state index contributed by atoms with van der Waals surface area (Å²) in [5.41, 5.74) is -0.699. The Balaban J connectivity index is 1.63. The van der Waals surface area contributed by atoms with E-state index in [0.717, 1.165) is 58.1 Å². The maximum Gasteiger partial charge on any atom is 0.417 e. The minimum absolute atomic E-state index is 0.443. The Morgan fingerprint density at radius 1 is 1.14 bits per heavy atom. The first-order valence-electron chi connectivity index (χ1n) is 7.14. The zero-order chi connectivity index (χ0) is 14.9. The summed E-state index contributed by atoms with van der Waals surface area (Å²) in [6, 6.07) is 3.01. The second-order valence-corrected chi connectivity index (χ2v) is 5.44. The molecule has 3 rings (SSSR count). The molecule has 0 spiro atoms. The average molecular weight is 301 g/mol. The summed E-state index contributed by atoms with van der Waals surface area (Å²) in [6.07, 6.45) is -2.40. The number of halogens is 3. The second-order valence-electron chi connectivity index (χ2n) is 5.44. The van der Waals surface area contributed by atoms with E-state index in [2.05, 4.69) is 14.8 Å². The van der Waals surface area contributed by atoms with Crippen molar-refractivity contribution in [3.05, 3.63) is 23.9 Å². The Kier molecular flexibility index (Phi) is 4.03. The summed E-state index contributed by atoms with van der Waals surface area (Å²) in [4.78, 5) is 8.42. The minimum Gasteiger partial charge on any atom is -0.379 e. The first-order valence-corrected chi connectivity index (χ1v) is 7.14. The van der Waals surface area contributed by atoms with E-state index in [1.54, 1.807) is 0 Å². The molecule has 116 valence electrons. The molecule has 4 nitrogen and oxygen atoms in total. The van der Waals surface area contributed by atoms with Crippen LogP contribution in [0.3, 0.4) is 0 Å². The number of alkyl halides is 3. The molecule has 0 saturated carbocycles. The van der Waals surface area contributed by atoms with Gasteiger partial charge in [0.2, 0.25) is 0 Å². The molecule has 1 aromatic heterocycles. The predicted molar refractivity (Wildman–Crippen MR) is 72.2 cm³/mol. The monoisotopic (exact) mass is 301 g/mol. The largest absolute Gasteiger partial charge is 0.417 e. The molecule has 1 unspecified atom stereocenters. The van der Waals surface area contributed by atoms with Crippen LogP contribution in [0.5, 0.6) is 0 Å². The summed E-state index contributed by atoms with van der Waals surface area (Å²) < 4.78 is 42.9. The topological polar surface area (TPSA) is 28.6 Å². The van der Waals surface area contributed by atoms with Gasteiger partial charge in [0, 0.05) is 38.4 Å². The fraction of sp³-hybridized carbons (Fsp3) is 0.643. The molecule has 3 heterocycles. The molecular formula is C14H18F3N3O. The number of hydrogen-bond acceptors (Lipinski definition) is 4. The number of pyridine rings is 1. The Morgan fingerprint density at radius 2 is 1.90 bits per heavy atom. The lowest BCUT2D eigenvalue weighted by atomic mass is 10.2. The standard InChI is InChI=1S/C14H18F3N3O/c15-14(16,17)11-1-2-13(18-9-11)20-4-3-12(10-20)19-5-7-21-8-6-19/h1-2,9,12H,3-8,10H2. The van der Waals surface area contributed by atoms with Gasteiger partial charge in [-0.15, -0.1) is 0 Å². The van der Waals surface area contributed by atoms with Crippen molar-refractivity contribution in [1.82, 2.24) is 9.88 Å². The van der Waals surface area contributed by atoms with Gasteiger partial charge >= 0.3 is 6.18 Å². The third-order valence-corrected chi connectivity index (χ3v) is 4.12. The number of anilines is 1. The van der Waals surface area contributed by atoms with Crippen molar-refractivity contribution in [3.8, 4) is 0 Å². The Bertz CT molecular complexity index is 471. The molecule has 0 aliphatic carbocycles. The van der Waals surface area contributed by atoms with Crippen LogP contribution in [0.4, 0.5) is 19.0 Å². The molecule has 2 saturated heterocycles. The van der Waals surface area contributed by atoms with E-state index >= 15 is 0 Å². The van der Waals surface area contributed by atoms with E-state index in [1.165, 1.54) is 6.07 Å². The summed E-state index contributed by atoms with van der Waals surface area (Å²) in [5, 5.41) is 0. The molecule has 0 radical (unpaired) electrons. The molecule has 0 amide bonds. The van der Waals surface area contributed by atoms with Gasteiger partial charge in [-0.1, -0.05) is 0 Å². The van der Waals surface area contributed by atoms with Gasteiger partial charge in [-0.3, -0.25) is 4.90 Å². The van der Waals surface area contributed by atoms with Crippen molar-refractivity contribution in [2.75, 3.05) is 44.3 Å². The van der Waals surface area contributed by atoms with E-state index in [-0.39, 0.29) is 0 Å². The molecule has 1 aromatic rings. The highest BCUT2D eigenvalue weighted by Gasteiger charge is 2.32. The van der Waals surface area contributed by atoms with Crippen LogP contribution >= 0.6 is 0 Å². The smallest absolute Gasteiger partial charge is 0.379 e. The van der Waals surface area contributed by atoms with Gasteiger partial charge in [-0.25, -0.2) is 4.98 Å². The Hall–Kier alpha value is -1.34. The summed E-state index contributed by atoms with van der Waals surface area (Å²) in [5.74, 6) is 0.624. The number of morpholine rings is 1. The molecule has 21 heavy (non-hydrogen) atoms. The number of aromatic nitrogens is 1. The first-order chi connectivity index (χ1) is 10.0. The van der Waals surface area contributed by atoms with Crippen molar-refractivity contribution in [2.45, 2.75) is 18.6 Å². The first kappa shape index (κ1) is 14.6. The molecular weight excluding hydrogens is 283 g/mol. The van der Waals surface area contributed by atoms with Crippen molar-refractivity contribution in [2.24, 2.45) is 0 Å². The predicted octanol–water partition coefficient (Wildman–Crippen LogP) is 2.01. The van der Waals surface area contributed by atoms with Crippen molar-refractivity contribution >= 4 is 5.82 Å². The van der Waals surface area contributed by atoms with Crippen LogP contribution in [0, 0.1) is 0 Å². The summed E-state index contributed by atoms with van der Waals surface area (Å²) in [6.45, 7) is 5.03. The Labute approximate surface area is 121 Å². The lowest BCUT2D eigenvalue weighted by Gasteiger charge is -2.32. The molecule has 2 aliphatic rings. The highest BCUT2D eigenvalue weighted by Crippen LogP contribution is 2.30. The highest BCUT2D eigenvalue weighted by molar-refractivity contribution is 5.41. The van der Waals surface area contributed by atoms with Crippen molar-refractivity contribution < 1.29 is 17.9 Å². The molecule has 2 fully saturated rings. The maximum atomic E-state index is 12.5. The van der Waals surface area contributed by atoms with Crippen LogP contribution in [-0.4, -0.2) is 55.3 Å².